The third-order valence-corrected chi connectivity index (χ3v) is 7.16. The van der Waals surface area contributed by atoms with Gasteiger partial charge in [-0.3, -0.25) is 9.69 Å². The van der Waals surface area contributed by atoms with Crippen LogP contribution in [-0.4, -0.2) is 66.8 Å². The zero-order valence-corrected chi connectivity index (χ0v) is 20.5. The molecule has 2 atom stereocenters. The highest BCUT2D eigenvalue weighted by Crippen LogP contribution is 2.46. The number of carbonyl (C=O) groups is 2. The number of carboxylic acid groups (broad SMARTS) is 1. The lowest BCUT2D eigenvalue weighted by atomic mass is 10.0. The second-order valence-electron chi connectivity index (χ2n) is 9.33. The molecule has 1 aliphatic heterocycles. The minimum Gasteiger partial charge on any atom is -0.465 e. The van der Waals surface area contributed by atoms with Crippen molar-refractivity contribution in [1.29, 1.82) is 0 Å². The quantitative estimate of drug-likeness (QED) is 0.542. The summed E-state index contributed by atoms with van der Waals surface area (Å²) in [5.41, 5.74) is 3.10. The topological polar surface area (TPSA) is 107 Å². The highest BCUT2D eigenvalue weighted by atomic mass is 32.2. The number of nitrogens with one attached hydrogen (secondary N) is 1. The van der Waals surface area contributed by atoms with E-state index in [1.165, 1.54) is 11.6 Å². The molecule has 0 radical (unpaired) electrons. The second-order valence-corrected chi connectivity index (χ2v) is 11.1. The maximum atomic E-state index is 12.1. The Bertz CT molecular complexity index is 1190. The minimum absolute atomic E-state index is 0.0325. The zero-order chi connectivity index (χ0) is 25.0. The van der Waals surface area contributed by atoms with E-state index in [2.05, 4.69) is 17.0 Å². The van der Waals surface area contributed by atoms with Gasteiger partial charge in [-0.1, -0.05) is 54.6 Å². The third-order valence-electron chi connectivity index (χ3n) is 6.58. The van der Waals surface area contributed by atoms with Crippen LogP contribution in [0.4, 0.5) is 4.79 Å². The van der Waals surface area contributed by atoms with Crippen molar-refractivity contribution in [2.45, 2.75) is 43.8 Å². The Morgan fingerprint density at radius 2 is 1.83 bits per heavy atom. The summed E-state index contributed by atoms with van der Waals surface area (Å²) in [6, 6.07) is 18.0. The Labute approximate surface area is 206 Å². The fourth-order valence-electron chi connectivity index (χ4n) is 4.91. The normalized spacial score (nSPS) is 21.1. The molecule has 1 heterocycles. The predicted octanol–water partition coefficient (Wildman–Crippen LogP) is 3.28. The fraction of sp³-hybridized carbons (Fsp3) is 0.385. The van der Waals surface area contributed by atoms with Crippen LogP contribution in [0.2, 0.25) is 0 Å². The number of likely N-dealkylation sites (tertiary alicyclic amines) is 1. The van der Waals surface area contributed by atoms with Crippen LogP contribution in [0.15, 0.2) is 60.7 Å². The maximum Gasteiger partial charge on any atom is 0.407 e. The van der Waals surface area contributed by atoms with Gasteiger partial charge in [-0.15, -0.1) is 0 Å². The van der Waals surface area contributed by atoms with Gasteiger partial charge in [-0.25, -0.2) is 17.9 Å². The lowest BCUT2D eigenvalue weighted by Gasteiger charge is -2.37. The molecule has 2 N–H and O–H groups in total. The number of benzene rings is 2. The average molecular weight is 498 g/mol. The highest BCUT2D eigenvalue weighted by Gasteiger charge is 2.47. The molecule has 1 saturated carbocycles. The van der Waals surface area contributed by atoms with Crippen molar-refractivity contribution in [2.75, 3.05) is 19.3 Å². The molecule has 4 rings (SSSR count). The Kier molecular flexibility index (Phi) is 7.57. The number of nitrogens with zero attached hydrogens (tertiary/aromatic N) is 2. The number of carbonyl (C=O) groups excluding carboxylic acids is 1. The van der Waals surface area contributed by atoms with Crippen LogP contribution in [-0.2, 0) is 21.4 Å². The molecular formula is C26H31N3O5S. The third kappa shape index (κ3) is 6.93. The monoisotopic (exact) mass is 497 g/mol. The largest absolute Gasteiger partial charge is 0.465 e. The molecule has 0 unspecified atom stereocenters. The van der Waals surface area contributed by atoms with Gasteiger partial charge in [0.05, 0.1) is 6.26 Å². The van der Waals surface area contributed by atoms with E-state index in [1.54, 1.807) is 11.0 Å². The number of hydrogen-bond acceptors (Lipinski definition) is 5. The van der Waals surface area contributed by atoms with Crippen molar-refractivity contribution in [3.05, 3.63) is 77.4 Å². The van der Waals surface area contributed by atoms with Crippen molar-refractivity contribution in [1.82, 2.24) is 14.5 Å². The van der Waals surface area contributed by atoms with Crippen LogP contribution < -0.4 is 4.72 Å². The number of amides is 2. The van der Waals surface area contributed by atoms with E-state index in [4.69, 9.17) is 0 Å². The van der Waals surface area contributed by atoms with Crippen molar-refractivity contribution >= 4 is 28.1 Å². The number of piperidine rings is 1. The number of rotatable bonds is 8. The highest BCUT2D eigenvalue weighted by molar-refractivity contribution is 7.89. The molecule has 2 aromatic rings. The molecule has 2 amide bonds. The first kappa shape index (κ1) is 24.9. The molecule has 2 aromatic carbocycles. The van der Waals surface area contributed by atoms with E-state index in [9.17, 15) is 23.1 Å². The summed E-state index contributed by atoms with van der Waals surface area (Å²) in [7, 11) is -3.59. The summed E-state index contributed by atoms with van der Waals surface area (Å²) < 4.78 is 24.2. The molecule has 186 valence electrons. The molecule has 0 aromatic heterocycles. The number of sulfonamides is 1. The summed E-state index contributed by atoms with van der Waals surface area (Å²) in [6.07, 6.45) is 5.38. The zero-order valence-electron chi connectivity index (χ0n) is 19.7. The molecule has 35 heavy (non-hydrogen) atoms. The van der Waals surface area contributed by atoms with Gasteiger partial charge in [0.15, 0.2) is 0 Å². The van der Waals surface area contributed by atoms with Crippen LogP contribution >= 0.6 is 0 Å². The maximum absolute atomic E-state index is 12.1. The van der Waals surface area contributed by atoms with E-state index < -0.39 is 22.0 Å². The molecule has 1 aliphatic carbocycles. The van der Waals surface area contributed by atoms with Crippen LogP contribution in [0.5, 0.6) is 0 Å². The van der Waals surface area contributed by atoms with Gasteiger partial charge < -0.3 is 10.0 Å². The van der Waals surface area contributed by atoms with Crippen LogP contribution in [0.25, 0.3) is 6.08 Å². The summed E-state index contributed by atoms with van der Waals surface area (Å²) >= 11 is 0. The van der Waals surface area contributed by atoms with E-state index in [-0.39, 0.29) is 12.1 Å². The van der Waals surface area contributed by atoms with Gasteiger partial charge in [0.1, 0.15) is 0 Å². The Hall–Kier alpha value is -3.17. The summed E-state index contributed by atoms with van der Waals surface area (Å²) in [4.78, 5) is 27.8. The molecule has 2 fully saturated rings. The van der Waals surface area contributed by atoms with E-state index in [1.807, 2.05) is 47.2 Å². The lowest BCUT2D eigenvalue weighted by molar-refractivity contribution is -0.114. The Morgan fingerprint density at radius 3 is 2.49 bits per heavy atom. The first-order valence-corrected chi connectivity index (χ1v) is 13.7. The van der Waals surface area contributed by atoms with Gasteiger partial charge in [0, 0.05) is 43.7 Å². The van der Waals surface area contributed by atoms with Gasteiger partial charge in [-0.2, -0.15) is 0 Å². The molecular weight excluding hydrogens is 466 g/mol. The molecule has 2 aliphatic rings. The average Bonchev–Trinajstić information content (AvgIpc) is 3.59. The lowest BCUT2D eigenvalue weighted by Crippen LogP contribution is -2.48. The molecule has 9 heteroatoms. The first-order chi connectivity index (χ1) is 16.7. The number of hydrogen-bond donors (Lipinski definition) is 2. The van der Waals surface area contributed by atoms with Crippen LogP contribution in [0, 0.1) is 0 Å². The van der Waals surface area contributed by atoms with Crippen molar-refractivity contribution in [3.8, 4) is 0 Å². The fourth-order valence-corrected chi connectivity index (χ4v) is 5.35. The van der Waals surface area contributed by atoms with Crippen molar-refractivity contribution in [2.24, 2.45) is 0 Å². The van der Waals surface area contributed by atoms with Gasteiger partial charge in [-0.05, 0) is 42.0 Å². The van der Waals surface area contributed by atoms with Gasteiger partial charge in [0.2, 0.25) is 10.0 Å². The van der Waals surface area contributed by atoms with E-state index in [0.717, 1.165) is 56.3 Å². The first-order valence-electron chi connectivity index (χ1n) is 11.8. The standard InChI is InChI=1S/C26H31N3O5S/c1-35(33,34)27-25(30)11-10-19-6-5-7-20(16-19)18-28-14-12-22(13-15-28)29(26(31)32)24-17-23(24)21-8-3-2-4-9-21/h2-11,16,22-24H,12-15,17-18H2,1H3,(H,27,30)(H,31,32)/b11-10+/t23-,24+/m0/s1. The summed E-state index contributed by atoms with van der Waals surface area (Å²) in [5.74, 6) is -0.395. The van der Waals surface area contributed by atoms with E-state index in [0.29, 0.717) is 5.92 Å². The van der Waals surface area contributed by atoms with Crippen molar-refractivity contribution in [3.63, 3.8) is 0 Å². The molecule has 8 nitrogen and oxygen atoms in total. The summed E-state index contributed by atoms with van der Waals surface area (Å²) in [5, 5.41) is 9.93. The van der Waals surface area contributed by atoms with Gasteiger partial charge >= 0.3 is 6.09 Å². The van der Waals surface area contributed by atoms with E-state index >= 15 is 0 Å². The van der Waals surface area contributed by atoms with Crippen molar-refractivity contribution < 1.29 is 23.1 Å². The SMILES string of the molecule is CS(=O)(=O)NC(=O)/C=C/c1cccc(CN2CCC(N(C(=O)O)[C@@H]3C[C@H]3c3ccccc3)CC2)c1. The Morgan fingerprint density at radius 1 is 1.11 bits per heavy atom. The molecule has 0 bridgehead atoms. The van der Waals surface area contributed by atoms with Gasteiger partial charge in [0.25, 0.3) is 5.91 Å². The van der Waals surface area contributed by atoms with Crippen LogP contribution in [0.3, 0.4) is 0 Å². The predicted molar refractivity (Wildman–Crippen MR) is 134 cm³/mol. The molecule has 1 saturated heterocycles. The second kappa shape index (κ2) is 10.6. The smallest absolute Gasteiger partial charge is 0.407 e. The Balaban J connectivity index is 1.31. The molecule has 0 spiro atoms. The minimum atomic E-state index is -3.59. The summed E-state index contributed by atoms with van der Waals surface area (Å²) in [6.45, 7) is 2.36. The van der Waals surface area contributed by atoms with Crippen LogP contribution in [0.1, 0.15) is 41.9 Å².